The van der Waals surface area contributed by atoms with Crippen molar-refractivity contribution < 1.29 is 4.52 Å². The quantitative estimate of drug-likeness (QED) is 0.825. The summed E-state index contributed by atoms with van der Waals surface area (Å²) in [6.07, 6.45) is 0. The van der Waals surface area contributed by atoms with Gasteiger partial charge in [0, 0.05) is 5.56 Å². The molecule has 0 radical (unpaired) electrons. The molecule has 78 valence electrons. The van der Waals surface area contributed by atoms with Crippen LogP contribution in [0.3, 0.4) is 0 Å². The van der Waals surface area contributed by atoms with Crippen LogP contribution in [0.2, 0.25) is 0 Å². The molecule has 1 aromatic heterocycles. The number of benzene rings is 1. The van der Waals surface area contributed by atoms with Gasteiger partial charge in [-0.05, 0) is 20.0 Å². The standard InChI is InChI=1S/C11H13N3O/c1-8-4-3-5-9(6-8)11-13-10(7-12-2)15-14-11/h3-6,12H,7H2,1-2H3. The minimum Gasteiger partial charge on any atom is -0.338 e. The number of nitrogens with one attached hydrogen (secondary N) is 1. The third kappa shape index (κ3) is 2.22. The molecule has 1 N–H and O–H groups in total. The van der Waals surface area contributed by atoms with Gasteiger partial charge in [0.1, 0.15) is 0 Å². The van der Waals surface area contributed by atoms with E-state index in [1.807, 2.05) is 38.2 Å². The van der Waals surface area contributed by atoms with Gasteiger partial charge in [0.25, 0.3) is 0 Å². The lowest BCUT2D eigenvalue weighted by molar-refractivity contribution is 0.372. The second-order valence-electron chi connectivity index (χ2n) is 3.41. The molecule has 0 unspecified atom stereocenters. The summed E-state index contributed by atoms with van der Waals surface area (Å²) in [4.78, 5) is 4.27. The average molecular weight is 203 g/mol. The molecule has 0 fully saturated rings. The fraction of sp³-hybridized carbons (Fsp3) is 0.273. The van der Waals surface area contributed by atoms with Crippen LogP contribution in [-0.2, 0) is 6.54 Å². The summed E-state index contributed by atoms with van der Waals surface area (Å²) in [6, 6.07) is 8.03. The maximum atomic E-state index is 5.08. The minimum absolute atomic E-state index is 0.596. The molecule has 0 aliphatic heterocycles. The predicted octanol–water partition coefficient (Wildman–Crippen LogP) is 1.76. The Morgan fingerprint density at radius 2 is 2.27 bits per heavy atom. The van der Waals surface area contributed by atoms with E-state index in [1.165, 1.54) is 5.56 Å². The first kappa shape index (κ1) is 9.86. The fourth-order valence-electron chi connectivity index (χ4n) is 1.38. The number of aromatic nitrogens is 2. The zero-order valence-corrected chi connectivity index (χ0v) is 8.82. The molecule has 0 atom stereocenters. The molecule has 0 amide bonds. The van der Waals surface area contributed by atoms with E-state index in [0.29, 0.717) is 18.3 Å². The Bertz CT molecular complexity index is 451. The fourth-order valence-corrected chi connectivity index (χ4v) is 1.38. The van der Waals surface area contributed by atoms with Gasteiger partial charge < -0.3 is 9.84 Å². The summed E-state index contributed by atoms with van der Waals surface area (Å²) >= 11 is 0. The average Bonchev–Trinajstić information content (AvgIpc) is 2.67. The van der Waals surface area contributed by atoms with Crippen LogP contribution in [-0.4, -0.2) is 17.2 Å². The van der Waals surface area contributed by atoms with Crippen molar-refractivity contribution in [3.63, 3.8) is 0 Å². The molecule has 0 saturated heterocycles. The first-order chi connectivity index (χ1) is 7.29. The second-order valence-corrected chi connectivity index (χ2v) is 3.41. The lowest BCUT2D eigenvalue weighted by Gasteiger charge is -1.95. The van der Waals surface area contributed by atoms with Crippen molar-refractivity contribution in [1.82, 2.24) is 15.5 Å². The number of hydrogen-bond donors (Lipinski definition) is 1. The van der Waals surface area contributed by atoms with Crippen LogP contribution in [0.4, 0.5) is 0 Å². The summed E-state index contributed by atoms with van der Waals surface area (Å²) in [5.74, 6) is 1.25. The molecule has 2 rings (SSSR count). The Labute approximate surface area is 88.3 Å². The molecule has 1 heterocycles. The molecule has 1 aromatic carbocycles. The van der Waals surface area contributed by atoms with Crippen molar-refractivity contribution in [2.24, 2.45) is 0 Å². The summed E-state index contributed by atoms with van der Waals surface area (Å²) in [5.41, 5.74) is 2.17. The highest BCUT2D eigenvalue weighted by atomic mass is 16.5. The van der Waals surface area contributed by atoms with E-state index < -0.39 is 0 Å². The Hall–Kier alpha value is -1.68. The van der Waals surface area contributed by atoms with E-state index >= 15 is 0 Å². The van der Waals surface area contributed by atoms with E-state index in [2.05, 4.69) is 15.5 Å². The zero-order chi connectivity index (χ0) is 10.7. The maximum Gasteiger partial charge on any atom is 0.240 e. The Kier molecular flexibility index (Phi) is 2.78. The SMILES string of the molecule is CNCc1nc(-c2cccc(C)c2)no1. The van der Waals surface area contributed by atoms with E-state index in [0.717, 1.165) is 5.56 Å². The normalized spacial score (nSPS) is 10.5. The van der Waals surface area contributed by atoms with Crippen LogP contribution in [0.5, 0.6) is 0 Å². The van der Waals surface area contributed by atoms with E-state index in [-0.39, 0.29) is 0 Å². The van der Waals surface area contributed by atoms with E-state index in [9.17, 15) is 0 Å². The molecule has 4 nitrogen and oxygen atoms in total. The smallest absolute Gasteiger partial charge is 0.240 e. The van der Waals surface area contributed by atoms with Gasteiger partial charge in [-0.1, -0.05) is 28.9 Å². The predicted molar refractivity (Wildman–Crippen MR) is 57.2 cm³/mol. The van der Waals surface area contributed by atoms with E-state index in [4.69, 9.17) is 4.52 Å². The van der Waals surface area contributed by atoms with Crippen molar-refractivity contribution in [2.75, 3.05) is 7.05 Å². The molecule has 0 aliphatic rings. The van der Waals surface area contributed by atoms with Crippen LogP contribution >= 0.6 is 0 Å². The van der Waals surface area contributed by atoms with Gasteiger partial charge in [0.15, 0.2) is 0 Å². The van der Waals surface area contributed by atoms with Crippen LogP contribution < -0.4 is 5.32 Å². The largest absolute Gasteiger partial charge is 0.338 e. The van der Waals surface area contributed by atoms with Crippen LogP contribution in [0.1, 0.15) is 11.5 Å². The van der Waals surface area contributed by atoms with Gasteiger partial charge >= 0.3 is 0 Å². The highest BCUT2D eigenvalue weighted by Crippen LogP contribution is 2.16. The molecule has 0 bridgehead atoms. The molecular formula is C11H13N3O. The summed E-state index contributed by atoms with van der Waals surface area (Å²) < 4.78 is 5.08. The Morgan fingerprint density at radius 1 is 1.40 bits per heavy atom. The second kappa shape index (κ2) is 4.23. The van der Waals surface area contributed by atoms with Crippen molar-refractivity contribution in [1.29, 1.82) is 0 Å². The van der Waals surface area contributed by atoms with Crippen molar-refractivity contribution in [3.05, 3.63) is 35.7 Å². The number of hydrogen-bond acceptors (Lipinski definition) is 4. The summed E-state index contributed by atoms with van der Waals surface area (Å²) in [6.45, 7) is 2.64. The first-order valence-electron chi connectivity index (χ1n) is 4.84. The van der Waals surface area contributed by atoms with Gasteiger partial charge in [-0.15, -0.1) is 0 Å². The highest BCUT2D eigenvalue weighted by Gasteiger charge is 2.07. The summed E-state index contributed by atoms with van der Waals surface area (Å²) in [5, 5.41) is 6.88. The monoisotopic (exact) mass is 203 g/mol. The van der Waals surface area contributed by atoms with Gasteiger partial charge in [0.2, 0.25) is 11.7 Å². The summed E-state index contributed by atoms with van der Waals surface area (Å²) in [7, 11) is 1.84. The molecule has 0 aliphatic carbocycles. The van der Waals surface area contributed by atoms with Crippen molar-refractivity contribution in [2.45, 2.75) is 13.5 Å². The van der Waals surface area contributed by atoms with Gasteiger partial charge in [0.05, 0.1) is 6.54 Å². The number of rotatable bonds is 3. The third-order valence-electron chi connectivity index (χ3n) is 2.07. The molecule has 2 aromatic rings. The van der Waals surface area contributed by atoms with E-state index in [1.54, 1.807) is 0 Å². The lowest BCUT2D eigenvalue weighted by Crippen LogP contribution is -2.04. The van der Waals surface area contributed by atoms with Gasteiger partial charge in [-0.2, -0.15) is 4.98 Å². The lowest BCUT2D eigenvalue weighted by atomic mass is 10.1. The van der Waals surface area contributed by atoms with Crippen molar-refractivity contribution in [3.8, 4) is 11.4 Å². The Balaban J connectivity index is 2.29. The first-order valence-corrected chi connectivity index (χ1v) is 4.84. The number of nitrogens with zero attached hydrogens (tertiary/aromatic N) is 2. The van der Waals surface area contributed by atoms with Crippen LogP contribution in [0.15, 0.2) is 28.8 Å². The topological polar surface area (TPSA) is 51.0 Å². The maximum absolute atomic E-state index is 5.08. The molecule has 4 heteroatoms. The Morgan fingerprint density at radius 3 is 3.00 bits per heavy atom. The number of aryl methyl sites for hydroxylation is 1. The molecule has 0 spiro atoms. The van der Waals surface area contributed by atoms with Crippen molar-refractivity contribution >= 4 is 0 Å². The van der Waals surface area contributed by atoms with Crippen LogP contribution in [0.25, 0.3) is 11.4 Å². The van der Waals surface area contributed by atoms with Gasteiger partial charge in [-0.25, -0.2) is 0 Å². The minimum atomic E-state index is 0.596. The molecule has 0 saturated carbocycles. The molecule has 15 heavy (non-hydrogen) atoms. The highest BCUT2D eigenvalue weighted by molar-refractivity contribution is 5.55. The third-order valence-corrected chi connectivity index (χ3v) is 2.07. The molecular weight excluding hydrogens is 190 g/mol. The zero-order valence-electron chi connectivity index (χ0n) is 8.82. The van der Waals surface area contributed by atoms with Gasteiger partial charge in [-0.3, -0.25) is 0 Å². The van der Waals surface area contributed by atoms with Crippen LogP contribution in [0, 0.1) is 6.92 Å².